The van der Waals surface area contributed by atoms with Crippen LogP contribution in [0.3, 0.4) is 0 Å². The summed E-state index contributed by atoms with van der Waals surface area (Å²) in [7, 11) is 0. The molecule has 0 rings (SSSR count). The van der Waals surface area contributed by atoms with Gasteiger partial charge in [-0.3, -0.25) is 0 Å². The Hall–Kier alpha value is -1.30. The quantitative estimate of drug-likeness (QED) is 0.433. The van der Waals surface area contributed by atoms with Crippen molar-refractivity contribution in [2.75, 3.05) is 0 Å². The molecule has 2 atom stereocenters. The molecule has 0 nitrogen and oxygen atoms in total. The highest BCUT2D eigenvalue weighted by Gasteiger charge is 1.97. The van der Waals surface area contributed by atoms with E-state index in [0.29, 0.717) is 11.8 Å². The van der Waals surface area contributed by atoms with Gasteiger partial charge in [-0.1, -0.05) is 56.4 Å². The summed E-state index contributed by atoms with van der Waals surface area (Å²) < 4.78 is 0. The summed E-state index contributed by atoms with van der Waals surface area (Å²) >= 11 is 0. The highest BCUT2D eigenvalue weighted by atomic mass is 14.0. The first-order chi connectivity index (χ1) is 7.01. The van der Waals surface area contributed by atoms with Crippen molar-refractivity contribution in [2.45, 2.75) is 20.8 Å². The molecule has 2 unspecified atom stereocenters. The van der Waals surface area contributed by atoms with Gasteiger partial charge in [0.05, 0.1) is 0 Å². The molecule has 0 aliphatic carbocycles. The Balaban J connectivity index is 4.76. The number of hydrogen-bond acceptors (Lipinski definition) is 0. The minimum atomic E-state index is 0.375. The molecule has 0 aromatic carbocycles. The monoisotopic (exact) mass is 202 g/mol. The summed E-state index contributed by atoms with van der Waals surface area (Å²) in [6.07, 6.45) is 10.2. The normalized spacial score (nSPS) is 16.1. The number of allylic oxidation sites excluding steroid dienone is 7. The minimum absolute atomic E-state index is 0.375. The Labute approximate surface area is 94.4 Å². The summed E-state index contributed by atoms with van der Waals surface area (Å²) in [5.74, 6) is 0.771. The van der Waals surface area contributed by atoms with Gasteiger partial charge in [0, 0.05) is 0 Å². The van der Waals surface area contributed by atoms with Crippen LogP contribution >= 0.6 is 0 Å². The van der Waals surface area contributed by atoms with Crippen LogP contribution in [0.25, 0.3) is 0 Å². The molecule has 0 fully saturated rings. The van der Waals surface area contributed by atoms with E-state index in [0.717, 1.165) is 5.57 Å². The van der Waals surface area contributed by atoms with Crippen molar-refractivity contribution in [3.05, 3.63) is 61.3 Å². The van der Waals surface area contributed by atoms with Crippen molar-refractivity contribution in [1.29, 1.82) is 0 Å². The van der Waals surface area contributed by atoms with Crippen molar-refractivity contribution in [3.8, 4) is 0 Å². The van der Waals surface area contributed by atoms with Crippen molar-refractivity contribution < 1.29 is 0 Å². The first-order valence-electron chi connectivity index (χ1n) is 5.32. The highest BCUT2D eigenvalue weighted by Crippen LogP contribution is 2.14. The van der Waals surface area contributed by atoms with Gasteiger partial charge in [-0.15, -0.1) is 13.2 Å². The van der Waals surface area contributed by atoms with Gasteiger partial charge in [-0.25, -0.2) is 0 Å². The van der Waals surface area contributed by atoms with Crippen LogP contribution in [0, 0.1) is 11.8 Å². The molecule has 0 heteroatoms. The van der Waals surface area contributed by atoms with Crippen molar-refractivity contribution in [1.82, 2.24) is 0 Å². The van der Waals surface area contributed by atoms with Gasteiger partial charge in [0.1, 0.15) is 0 Å². The van der Waals surface area contributed by atoms with Crippen LogP contribution in [0.2, 0.25) is 0 Å². The van der Waals surface area contributed by atoms with Crippen LogP contribution in [-0.4, -0.2) is 0 Å². The van der Waals surface area contributed by atoms with E-state index in [1.165, 1.54) is 5.57 Å². The molecule has 0 N–H and O–H groups in total. The molecule has 0 saturated heterocycles. The zero-order valence-electron chi connectivity index (χ0n) is 10.2. The Morgan fingerprint density at radius 2 is 1.60 bits per heavy atom. The molecule has 0 aliphatic heterocycles. The molecule has 0 radical (unpaired) electrons. The van der Waals surface area contributed by atoms with E-state index < -0.39 is 0 Å². The second kappa shape index (κ2) is 7.05. The predicted molar refractivity (Wildman–Crippen MR) is 70.8 cm³/mol. The molecule has 0 amide bonds. The average Bonchev–Trinajstić information content (AvgIpc) is 2.22. The molecule has 0 saturated carbocycles. The fraction of sp³-hybridized carbons (Fsp3) is 0.333. The third-order valence-corrected chi connectivity index (χ3v) is 2.26. The van der Waals surface area contributed by atoms with E-state index in [4.69, 9.17) is 0 Å². The fourth-order valence-corrected chi connectivity index (χ4v) is 1.03. The lowest BCUT2D eigenvalue weighted by molar-refractivity contribution is 0.926. The summed E-state index contributed by atoms with van der Waals surface area (Å²) in [5.41, 5.74) is 2.26. The average molecular weight is 202 g/mol. The van der Waals surface area contributed by atoms with Gasteiger partial charge in [0.15, 0.2) is 0 Å². The lowest BCUT2D eigenvalue weighted by Gasteiger charge is -2.05. The van der Waals surface area contributed by atoms with Gasteiger partial charge in [0.25, 0.3) is 0 Å². The first-order valence-corrected chi connectivity index (χ1v) is 5.32. The second-order valence-corrected chi connectivity index (χ2v) is 3.95. The van der Waals surface area contributed by atoms with Crippen LogP contribution in [0.15, 0.2) is 61.3 Å². The summed E-state index contributed by atoms with van der Waals surface area (Å²) in [5, 5.41) is 0. The SMILES string of the molecule is C=CC(C)/C=C\C(=C\C(C)C=C)C(=C)C. The third-order valence-electron chi connectivity index (χ3n) is 2.26. The van der Waals surface area contributed by atoms with E-state index in [-0.39, 0.29) is 0 Å². The Morgan fingerprint density at radius 1 is 1.07 bits per heavy atom. The lowest BCUT2D eigenvalue weighted by Crippen LogP contribution is -1.89. The molecule has 0 heterocycles. The fourth-order valence-electron chi connectivity index (χ4n) is 1.03. The van der Waals surface area contributed by atoms with Gasteiger partial charge in [-0.05, 0) is 24.3 Å². The first kappa shape index (κ1) is 13.7. The summed E-state index contributed by atoms with van der Waals surface area (Å²) in [4.78, 5) is 0. The van der Waals surface area contributed by atoms with E-state index in [9.17, 15) is 0 Å². The molecule has 0 spiro atoms. The standard InChI is InChI=1S/C15H22/c1-7-13(5)9-10-15(12(3)4)11-14(6)8-2/h7-11,13-14H,1-3H2,4-6H3/b10-9-,15-11-. The molecular formula is C15H22. The summed E-state index contributed by atoms with van der Waals surface area (Å²) in [6.45, 7) is 17.7. The molecule has 0 aromatic heterocycles. The molecule has 0 aliphatic rings. The van der Waals surface area contributed by atoms with E-state index in [2.05, 4.69) is 51.8 Å². The zero-order chi connectivity index (χ0) is 11.8. The lowest BCUT2D eigenvalue weighted by atomic mass is 10.0. The molecule has 15 heavy (non-hydrogen) atoms. The number of rotatable bonds is 6. The molecular weight excluding hydrogens is 180 g/mol. The van der Waals surface area contributed by atoms with Crippen LogP contribution in [0.4, 0.5) is 0 Å². The van der Waals surface area contributed by atoms with Crippen LogP contribution in [0.1, 0.15) is 20.8 Å². The zero-order valence-corrected chi connectivity index (χ0v) is 10.2. The Bertz CT molecular complexity index is 289. The third kappa shape index (κ3) is 5.90. The molecule has 0 bridgehead atoms. The highest BCUT2D eigenvalue weighted by molar-refractivity contribution is 5.37. The van der Waals surface area contributed by atoms with Gasteiger partial charge in [-0.2, -0.15) is 0 Å². The van der Waals surface area contributed by atoms with Crippen LogP contribution < -0.4 is 0 Å². The van der Waals surface area contributed by atoms with Crippen molar-refractivity contribution in [3.63, 3.8) is 0 Å². The minimum Gasteiger partial charge on any atom is -0.102 e. The van der Waals surface area contributed by atoms with E-state index in [1.54, 1.807) is 0 Å². The Morgan fingerprint density at radius 3 is 2.00 bits per heavy atom. The predicted octanol–water partition coefficient (Wildman–Crippen LogP) is 4.69. The van der Waals surface area contributed by atoms with E-state index >= 15 is 0 Å². The largest absolute Gasteiger partial charge is 0.102 e. The topological polar surface area (TPSA) is 0 Å². The smallest absolute Gasteiger partial charge is 0.00755 e. The van der Waals surface area contributed by atoms with Gasteiger partial charge < -0.3 is 0 Å². The maximum atomic E-state index is 3.97. The molecule has 0 aromatic rings. The van der Waals surface area contributed by atoms with E-state index in [1.807, 2.05) is 19.1 Å². The number of hydrogen-bond donors (Lipinski definition) is 0. The maximum Gasteiger partial charge on any atom is -0.00755 e. The van der Waals surface area contributed by atoms with Crippen molar-refractivity contribution in [2.24, 2.45) is 11.8 Å². The van der Waals surface area contributed by atoms with Gasteiger partial charge in [0.2, 0.25) is 0 Å². The second-order valence-electron chi connectivity index (χ2n) is 3.95. The Kier molecular flexibility index (Phi) is 6.44. The molecule has 82 valence electrons. The summed E-state index contributed by atoms with van der Waals surface area (Å²) in [6, 6.07) is 0. The maximum absolute atomic E-state index is 3.97. The van der Waals surface area contributed by atoms with Crippen LogP contribution in [0.5, 0.6) is 0 Å². The van der Waals surface area contributed by atoms with Crippen LogP contribution in [-0.2, 0) is 0 Å². The van der Waals surface area contributed by atoms with Gasteiger partial charge >= 0.3 is 0 Å². The van der Waals surface area contributed by atoms with Crippen molar-refractivity contribution >= 4 is 0 Å².